The molecular formula is C14H11ClN2O. The van der Waals surface area contributed by atoms with Crippen LogP contribution >= 0.6 is 11.6 Å². The van der Waals surface area contributed by atoms with Crippen molar-refractivity contribution in [2.45, 2.75) is 0 Å². The number of carbonyl (C=O) groups excluding carboxylic acids is 1. The molecule has 0 saturated carbocycles. The minimum atomic E-state index is -0.0197. The van der Waals surface area contributed by atoms with Crippen LogP contribution in [0, 0.1) is 0 Å². The van der Waals surface area contributed by atoms with E-state index in [0.29, 0.717) is 11.6 Å². The molecule has 1 aliphatic rings. The fourth-order valence-electron chi connectivity index (χ4n) is 2.11. The molecule has 0 atom stereocenters. The van der Waals surface area contributed by atoms with Gasteiger partial charge < -0.3 is 10.2 Å². The summed E-state index contributed by atoms with van der Waals surface area (Å²) in [7, 11) is 0. The minimum Gasteiger partial charge on any atom is -0.330 e. The SMILES string of the molecule is O=C1CN(c2cccc(Cl)c2)c2ccccc2N1. The van der Waals surface area contributed by atoms with Crippen molar-refractivity contribution in [3.8, 4) is 0 Å². The largest absolute Gasteiger partial charge is 0.330 e. The molecule has 0 aliphatic carbocycles. The lowest BCUT2D eigenvalue weighted by atomic mass is 10.1. The number of rotatable bonds is 1. The molecule has 3 rings (SSSR count). The molecular weight excluding hydrogens is 248 g/mol. The van der Waals surface area contributed by atoms with Gasteiger partial charge >= 0.3 is 0 Å². The van der Waals surface area contributed by atoms with E-state index in [1.807, 2.05) is 53.4 Å². The predicted octanol–water partition coefficient (Wildman–Crippen LogP) is 3.43. The molecule has 1 heterocycles. The van der Waals surface area contributed by atoms with Crippen molar-refractivity contribution in [2.24, 2.45) is 0 Å². The summed E-state index contributed by atoms with van der Waals surface area (Å²) in [5.41, 5.74) is 2.73. The summed E-state index contributed by atoms with van der Waals surface area (Å²) in [6.45, 7) is 0.303. The number of fused-ring (bicyclic) bond motifs is 1. The van der Waals surface area contributed by atoms with Crippen molar-refractivity contribution < 1.29 is 4.79 Å². The van der Waals surface area contributed by atoms with Crippen molar-refractivity contribution in [3.05, 3.63) is 53.6 Å². The van der Waals surface area contributed by atoms with Crippen LogP contribution in [0.25, 0.3) is 0 Å². The standard InChI is InChI=1S/C14H11ClN2O/c15-10-4-3-5-11(8-10)17-9-14(18)16-12-6-1-2-7-13(12)17/h1-8H,9H2,(H,16,18). The number of hydrogen-bond donors (Lipinski definition) is 1. The van der Waals surface area contributed by atoms with E-state index >= 15 is 0 Å². The van der Waals surface area contributed by atoms with E-state index in [1.165, 1.54) is 0 Å². The predicted molar refractivity (Wildman–Crippen MR) is 73.5 cm³/mol. The molecule has 0 fully saturated rings. The number of hydrogen-bond acceptors (Lipinski definition) is 2. The third kappa shape index (κ3) is 1.93. The molecule has 90 valence electrons. The van der Waals surface area contributed by atoms with Crippen LogP contribution in [0.5, 0.6) is 0 Å². The Labute approximate surface area is 110 Å². The summed E-state index contributed by atoms with van der Waals surface area (Å²) in [5, 5.41) is 3.52. The molecule has 0 bridgehead atoms. The number of carbonyl (C=O) groups is 1. The van der Waals surface area contributed by atoms with Crippen LogP contribution < -0.4 is 10.2 Å². The maximum atomic E-state index is 11.7. The van der Waals surface area contributed by atoms with Gasteiger partial charge in [-0.05, 0) is 30.3 Å². The molecule has 1 aliphatic heterocycles. The second-order valence-electron chi connectivity index (χ2n) is 4.13. The number of nitrogens with one attached hydrogen (secondary N) is 1. The molecule has 0 spiro atoms. The van der Waals surface area contributed by atoms with E-state index < -0.39 is 0 Å². The summed E-state index contributed by atoms with van der Waals surface area (Å²) in [6.07, 6.45) is 0. The van der Waals surface area contributed by atoms with Gasteiger partial charge in [-0.2, -0.15) is 0 Å². The Balaban J connectivity index is 2.10. The van der Waals surface area contributed by atoms with E-state index in [1.54, 1.807) is 0 Å². The van der Waals surface area contributed by atoms with Crippen molar-refractivity contribution in [2.75, 3.05) is 16.8 Å². The highest BCUT2D eigenvalue weighted by atomic mass is 35.5. The molecule has 3 nitrogen and oxygen atoms in total. The summed E-state index contributed by atoms with van der Waals surface area (Å²) in [5.74, 6) is -0.0197. The van der Waals surface area contributed by atoms with Crippen molar-refractivity contribution in [1.82, 2.24) is 0 Å². The average molecular weight is 259 g/mol. The van der Waals surface area contributed by atoms with Gasteiger partial charge in [-0.25, -0.2) is 0 Å². The zero-order valence-electron chi connectivity index (χ0n) is 9.56. The Bertz CT molecular complexity index is 612. The third-order valence-corrected chi connectivity index (χ3v) is 3.13. The van der Waals surface area contributed by atoms with E-state index in [2.05, 4.69) is 5.32 Å². The highest BCUT2D eigenvalue weighted by molar-refractivity contribution is 6.30. The molecule has 0 radical (unpaired) electrons. The van der Waals surface area contributed by atoms with Crippen LogP contribution in [0.2, 0.25) is 5.02 Å². The van der Waals surface area contributed by atoms with Crippen LogP contribution in [-0.2, 0) is 4.79 Å². The molecule has 1 amide bonds. The second kappa shape index (κ2) is 4.35. The average Bonchev–Trinajstić information content (AvgIpc) is 2.37. The van der Waals surface area contributed by atoms with Crippen molar-refractivity contribution in [3.63, 3.8) is 0 Å². The lowest BCUT2D eigenvalue weighted by molar-refractivity contribution is -0.115. The summed E-state index contributed by atoms with van der Waals surface area (Å²) in [6, 6.07) is 15.2. The number of nitrogens with zero attached hydrogens (tertiary/aromatic N) is 1. The fraction of sp³-hybridized carbons (Fsp3) is 0.0714. The number of para-hydroxylation sites is 2. The van der Waals surface area contributed by atoms with Gasteiger partial charge in [0.15, 0.2) is 0 Å². The smallest absolute Gasteiger partial charge is 0.244 e. The molecule has 2 aromatic carbocycles. The van der Waals surface area contributed by atoms with Gasteiger partial charge in [0.05, 0.1) is 11.4 Å². The van der Waals surface area contributed by atoms with Crippen LogP contribution in [-0.4, -0.2) is 12.5 Å². The molecule has 0 unspecified atom stereocenters. The summed E-state index contributed by atoms with van der Waals surface area (Å²) < 4.78 is 0. The Morgan fingerprint density at radius 3 is 2.78 bits per heavy atom. The Morgan fingerprint density at radius 2 is 1.94 bits per heavy atom. The lowest BCUT2D eigenvalue weighted by Crippen LogP contribution is -2.34. The first-order chi connectivity index (χ1) is 8.74. The Kier molecular flexibility index (Phi) is 2.68. The van der Waals surface area contributed by atoms with E-state index in [9.17, 15) is 4.79 Å². The van der Waals surface area contributed by atoms with E-state index in [-0.39, 0.29) is 5.91 Å². The van der Waals surface area contributed by atoms with Crippen molar-refractivity contribution in [1.29, 1.82) is 0 Å². The van der Waals surface area contributed by atoms with Gasteiger partial charge in [-0.1, -0.05) is 29.8 Å². The number of amides is 1. The Morgan fingerprint density at radius 1 is 1.11 bits per heavy atom. The third-order valence-electron chi connectivity index (χ3n) is 2.89. The highest BCUT2D eigenvalue weighted by Gasteiger charge is 2.22. The van der Waals surface area contributed by atoms with Crippen LogP contribution in [0.1, 0.15) is 0 Å². The topological polar surface area (TPSA) is 32.3 Å². The zero-order chi connectivity index (χ0) is 12.5. The minimum absolute atomic E-state index is 0.0197. The first-order valence-electron chi connectivity index (χ1n) is 5.66. The first-order valence-corrected chi connectivity index (χ1v) is 6.04. The summed E-state index contributed by atoms with van der Waals surface area (Å²) in [4.78, 5) is 13.7. The van der Waals surface area contributed by atoms with Crippen molar-refractivity contribution >= 4 is 34.6 Å². The van der Waals surface area contributed by atoms with Gasteiger partial charge in [-0.3, -0.25) is 4.79 Å². The van der Waals surface area contributed by atoms with E-state index in [0.717, 1.165) is 17.1 Å². The molecule has 1 N–H and O–H groups in total. The zero-order valence-corrected chi connectivity index (χ0v) is 10.3. The van der Waals surface area contributed by atoms with Crippen LogP contribution in [0.3, 0.4) is 0 Å². The second-order valence-corrected chi connectivity index (χ2v) is 4.57. The van der Waals surface area contributed by atoms with Gasteiger partial charge in [0.1, 0.15) is 6.54 Å². The summed E-state index contributed by atoms with van der Waals surface area (Å²) >= 11 is 6.00. The van der Waals surface area contributed by atoms with Gasteiger partial charge in [0.2, 0.25) is 5.91 Å². The monoisotopic (exact) mass is 258 g/mol. The quantitative estimate of drug-likeness (QED) is 0.850. The number of halogens is 1. The Hall–Kier alpha value is -2.00. The van der Waals surface area contributed by atoms with Gasteiger partial charge in [0, 0.05) is 10.7 Å². The normalized spacial score (nSPS) is 14.1. The van der Waals surface area contributed by atoms with Crippen LogP contribution in [0.15, 0.2) is 48.5 Å². The molecule has 18 heavy (non-hydrogen) atoms. The molecule has 4 heteroatoms. The first kappa shape index (κ1) is 11.1. The number of anilines is 3. The highest BCUT2D eigenvalue weighted by Crippen LogP contribution is 2.35. The van der Waals surface area contributed by atoms with Crippen LogP contribution in [0.4, 0.5) is 17.1 Å². The molecule has 0 saturated heterocycles. The lowest BCUT2D eigenvalue weighted by Gasteiger charge is -2.30. The molecule has 2 aromatic rings. The van der Waals surface area contributed by atoms with Gasteiger partial charge in [0.25, 0.3) is 0 Å². The van der Waals surface area contributed by atoms with E-state index in [4.69, 9.17) is 11.6 Å². The van der Waals surface area contributed by atoms with Gasteiger partial charge in [-0.15, -0.1) is 0 Å². The fourth-order valence-corrected chi connectivity index (χ4v) is 2.29. The number of benzene rings is 2. The maximum absolute atomic E-state index is 11.7. The molecule has 0 aromatic heterocycles. The maximum Gasteiger partial charge on any atom is 0.244 e.